The first-order valence-corrected chi connectivity index (χ1v) is 12.6. The number of hydrogen-bond acceptors (Lipinski definition) is 3. The Balaban J connectivity index is 1.55. The first kappa shape index (κ1) is 25.8. The highest BCUT2D eigenvalue weighted by molar-refractivity contribution is 5.92. The molecule has 34 heavy (non-hydrogen) atoms. The highest BCUT2D eigenvalue weighted by Gasteiger charge is 2.25. The lowest BCUT2D eigenvalue weighted by molar-refractivity contribution is -0.139. The zero-order chi connectivity index (χ0) is 24.3. The molecule has 1 aliphatic rings. The normalized spacial score (nSPS) is 13.9. The van der Waals surface area contributed by atoms with Gasteiger partial charge in [-0.25, -0.2) is 4.79 Å². The fourth-order valence-electron chi connectivity index (χ4n) is 4.00. The van der Waals surface area contributed by atoms with Gasteiger partial charge in [-0.3, -0.25) is 9.69 Å². The zero-order valence-electron chi connectivity index (χ0n) is 20.6. The number of benzene rings is 2. The van der Waals surface area contributed by atoms with Crippen molar-refractivity contribution in [1.29, 1.82) is 0 Å². The van der Waals surface area contributed by atoms with Crippen molar-refractivity contribution in [2.75, 3.05) is 25.0 Å². The number of carbonyl (C=O) groups is 2. The van der Waals surface area contributed by atoms with Gasteiger partial charge in [0.1, 0.15) is 6.04 Å². The summed E-state index contributed by atoms with van der Waals surface area (Å²) < 4.78 is 0. The zero-order valence-corrected chi connectivity index (χ0v) is 20.6. The molecule has 6 heteroatoms. The largest absolute Gasteiger partial charge is 0.480 e. The molecule has 2 amide bonds. The molecular weight excluding hydrogens is 426 g/mol. The maximum Gasteiger partial charge on any atom is 0.321 e. The highest BCUT2D eigenvalue weighted by atomic mass is 16.4. The lowest BCUT2D eigenvalue weighted by atomic mass is 10.00. The van der Waals surface area contributed by atoms with Gasteiger partial charge in [-0.2, -0.15) is 0 Å². The maximum atomic E-state index is 12.5. The van der Waals surface area contributed by atoms with Crippen LogP contribution in [-0.4, -0.2) is 43.3 Å². The fourth-order valence-corrected chi connectivity index (χ4v) is 4.00. The maximum absolute atomic E-state index is 12.5. The van der Waals surface area contributed by atoms with Crippen molar-refractivity contribution >= 4 is 17.7 Å². The summed E-state index contributed by atoms with van der Waals surface area (Å²) in [5.41, 5.74) is 3.88. The van der Waals surface area contributed by atoms with E-state index >= 15 is 0 Å². The summed E-state index contributed by atoms with van der Waals surface area (Å²) in [6, 6.07) is 15.3. The molecule has 1 unspecified atom stereocenters. The average Bonchev–Trinajstić information content (AvgIpc) is 3.68. The molecule has 2 aromatic rings. The molecule has 0 spiro atoms. The van der Waals surface area contributed by atoms with E-state index in [-0.39, 0.29) is 6.03 Å². The Morgan fingerprint density at radius 1 is 1.03 bits per heavy atom. The smallest absolute Gasteiger partial charge is 0.321 e. The molecule has 0 aliphatic heterocycles. The summed E-state index contributed by atoms with van der Waals surface area (Å²) in [5, 5.41) is 15.7. The number of carboxylic acids is 1. The third-order valence-corrected chi connectivity index (χ3v) is 6.47. The predicted molar refractivity (Wildman–Crippen MR) is 138 cm³/mol. The second-order valence-corrected chi connectivity index (χ2v) is 9.40. The van der Waals surface area contributed by atoms with E-state index in [1.165, 1.54) is 32.1 Å². The van der Waals surface area contributed by atoms with Crippen molar-refractivity contribution in [1.82, 2.24) is 10.6 Å². The quantitative estimate of drug-likeness (QED) is 0.323. The Labute approximate surface area is 203 Å². The molecule has 1 saturated carbocycles. The average molecular weight is 466 g/mol. The fraction of sp³-hybridized carbons (Fsp3) is 0.500. The van der Waals surface area contributed by atoms with E-state index in [1.807, 2.05) is 48.5 Å². The minimum atomic E-state index is -0.806. The molecule has 1 fully saturated rings. The van der Waals surface area contributed by atoms with Crippen LogP contribution in [0.2, 0.25) is 0 Å². The summed E-state index contributed by atoms with van der Waals surface area (Å²) in [4.78, 5) is 25.8. The molecule has 0 saturated heterocycles. The molecule has 3 N–H and O–H groups in total. The van der Waals surface area contributed by atoms with Crippen LogP contribution < -0.4 is 15.5 Å². The third kappa shape index (κ3) is 8.17. The SMILES string of the molecule is CCCCCCCNC(=O)N(C)c1cccc(-c2ccc(CC(NCC3CC3)C(=O)O)cc2)c1. The van der Waals surface area contributed by atoms with Crippen molar-refractivity contribution in [3.63, 3.8) is 0 Å². The summed E-state index contributed by atoms with van der Waals surface area (Å²) in [7, 11) is 1.79. The van der Waals surface area contributed by atoms with Gasteiger partial charge in [0.15, 0.2) is 0 Å². The van der Waals surface area contributed by atoms with E-state index in [2.05, 4.69) is 17.6 Å². The molecule has 0 bridgehead atoms. The van der Waals surface area contributed by atoms with Gasteiger partial charge in [-0.05, 0) is 67.0 Å². The summed E-state index contributed by atoms with van der Waals surface area (Å²) in [5.74, 6) is -0.165. The Hall–Kier alpha value is -2.86. The van der Waals surface area contributed by atoms with E-state index in [1.54, 1.807) is 11.9 Å². The van der Waals surface area contributed by atoms with Gasteiger partial charge in [0.2, 0.25) is 0 Å². The predicted octanol–water partition coefficient (Wildman–Crippen LogP) is 5.47. The van der Waals surface area contributed by atoms with Crippen molar-refractivity contribution < 1.29 is 14.7 Å². The molecule has 1 aliphatic carbocycles. The number of carbonyl (C=O) groups excluding carboxylic acids is 1. The third-order valence-electron chi connectivity index (χ3n) is 6.47. The Bertz CT molecular complexity index is 925. The standard InChI is InChI=1S/C28H39N3O3/c1-3-4-5-6-7-17-29-28(34)31(2)25-10-8-9-24(19-25)23-15-13-21(14-16-23)18-26(27(32)33)30-20-22-11-12-22/h8-10,13-16,19,22,26,30H,3-7,11-12,17-18,20H2,1-2H3,(H,29,34)(H,32,33). The highest BCUT2D eigenvalue weighted by Crippen LogP contribution is 2.28. The van der Waals surface area contributed by atoms with Crippen LogP contribution in [-0.2, 0) is 11.2 Å². The van der Waals surface area contributed by atoms with Gasteiger partial charge in [-0.1, -0.05) is 69.0 Å². The van der Waals surface area contributed by atoms with Crippen LogP contribution in [0.5, 0.6) is 0 Å². The molecule has 6 nitrogen and oxygen atoms in total. The number of carboxylic acid groups (broad SMARTS) is 1. The lowest BCUT2D eigenvalue weighted by Crippen LogP contribution is -2.39. The van der Waals surface area contributed by atoms with Gasteiger partial charge >= 0.3 is 12.0 Å². The van der Waals surface area contributed by atoms with Crippen molar-refractivity contribution in [3.05, 3.63) is 54.1 Å². The van der Waals surface area contributed by atoms with Crippen LogP contribution in [0, 0.1) is 5.92 Å². The second-order valence-electron chi connectivity index (χ2n) is 9.40. The number of unbranched alkanes of at least 4 members (excludes halogenated alkanes) is 4. The van der Waals surface area contributed by atoms with Crippen LogP contribution in [0.3, 0.4) is 0 Å². The molecule has 0 heterocycles. The van der Waals surface area contributed by atoms with Crippen molar-refractivity contribution in [2.24, 2.45) is 5.92 Å². The Kier molecular flexibility index (Phi) is 9.95. The number of anilines is 1. The lowest BCUT2D eigenvalue weighted by Gasteiger charge is -2.19. The minimum absolute atomic E-state index is 0.0959. The molecular formula is C28H39N3O3. The van der Waals surface area contributed by atoms with Gasteiger partial charge in [0, 0.05) is 19.3 Å². The molecule has 1 atom stereocenters. The van der Waals surface area contributed by atoms with Crippen LogP contribution in [0.25, 0.3) is 11.1 Å². The van der Waals surface area contributed by atoms with E-state index < -0.39 is 12.0 Å². The number of urea groups is 1. The van der Waals surface area contributed by atoms with Gasteiger partial charge in [0.25, 0.3) is 0 Å². The molecule has 2 aromatic carbocycles. The number of nitrogens with zero attached hydrogens (tertiary/aromatic N) is 1. The Morgan fingerprint density at radius 3 is 2.44 bits per heavy atom. The number of nitrogens with one attached hydrogen (secondary N) is 2. The van der Waals surface area contributed by atoms with Crippen LogP contribution >= 0.6 is 0 Å². The first-order valence-electron chi connectivity index (χ1n) is 12.6. The number of hydrogen-bond donors (Lipinski definition) is 3. The number of rotatable bonds is 14. The molecule has 0 aromatic heterocycles. The van der Waals surface area contributed by atoms with Crippen LogP contribution in [0.15, 0.2) is 48.5 Å². The molecule has 0 radical (unpaired) electrons. The van der Waals surface area contributed by atoms with Gasteiger partial charge < -0.3 is 15.7 Å². The van der Waals surface area contributed by atoms with E-state index in [0.717, 1.165) is 41.8 Å². The molecule has 184 valence electrons. The van der Waals surface area contributed by atoms with Gasteiger partial charge in [-0.15, -0.1) is 0 Å². The van der Waals surface area contributed by atoms with Crippen LogP contribution in [0.4, 0.5) is 10.5 Å². The summed E-state index contributed by atoms with van der Waals surface area (Å²) in [6.45, 7) is 3.67. The minimum Gasteiger partial charge on any atom is -0.480 e. The van der Waals surface area contributed by atoms with Crippen LogP contribution in [0.1, 0.15) is 57.4 Å². The Morgan fingerprint density at radius 2 is 1.76 bits per heavy atom. The number of aliphatic carboxylic acids is 1. The monoisotopic (exact) mass is 465 g/mol. The summed E-state index contributed by atoms with van der Waals surface area (Å²) in [6.07, 6.45) is 8.69. The summed E-state index contributed by atoms with van der Waals surface area (Å²) >= 11 is 0. The van der Waals surface area contributed by atoms with E-state index in [9.17, 15) is 14.7 Å². The van der Waals surface area contributed by atoms with Crippen molar-refractivity contribution in [2.45, 2.75) is 64.3 Å². The van der Waals surface area contributed by atoms with Gasteiger partial charge in [0.05, 0.1) is 0 Å². The second kappa shape index (κ2) is 13.1. The topological polar surface area (TPSA) is 81.7 Å². The first-order chi connectivity index (χ1) is 16.5. The van der Waals surface area contributed by atoms with Crippen molar-refractivity contribution in [3.8, 4) is 11.1 Å². The van der Waals surface area contributed by atoms with E-state index in [0.29, 0.717) is 18.9 Å². The van der Waals surface area contributed by atoms with E-state index in [4.69, 9.17) is 0 Å². The number of amides is 2. The molecule has 3 rings (SSSR count).